The van der Waals surface area contributed by atoms with Crippen molar-refractivity contribution >= 4 is 39.5 Å². The summed E-state index contributed by atoms with van der Waals surface area (Å²) >= 11 is 7.40. The monoisotopic (exact) mass is 370 g/mol. The Morgan fingerprint density at radius 2 is 2.12 bits per heavy atom. The van der Waals surface area contributed by atoms with Gasteiger partial charge in [0, 0.05) is 27.2 Å². The molecule has 25 heavy (non-hydrogen) atoms. The van der Waals surface area contributed by atoms with Crippen LogP contribution < -0.4 is 5.73 Å². The van der Waals surface area contributed by atoms with Gasteiger partial charge in [-0.1, -0.05) is 35.9 Å². The lowest BCUT2D eigenvalue weighted by Gasteiger charge is -2.03. The van der Waals surface area contributed by atoms with Gasteiger partial charge in [-0.05, 0) is 30.7 Å². The summed E-state index contributed by atoms with van der Waals surface area (Å²) in [6.45, 7) is 1.84. The van der Waals surface area contributed by atoms with Crippen LogP contribution in [0.25, 0.3) is 11.3 Å². The van der Waals surface area contributed by atoms with Gasteiger partial charge in [-0.15, -0.1) is 16.5 Å². The molecule has 7 heteroatoms. The van der Waals surface area contributed by atoms with Crippen molar-refractivity contribution in [3.63, 3.8) is 0 Å². The summed E-state index contributed by atoms with van der Waals surface area (Å²) in [5.74, 6) is -0.0174. The minimum Gasteiger partial charge on any atom is -0.398 e. The van der Waals surface area contributed by atoms with E-state index in [-0.39, 0.29) is 5.78 Å². The molecule has 1 aromatic heterocycles. The molecule has 5 nitrogen and oxygen atoms in total. The summed E-state index contributed by atoms with van der Waals surface area (Å²) in [5, 5.41) is 11.4. The fourth-order valence-corrected chi connectivity index (χ4v) is 3.07. The summed E-state index contributed by atoms with van der Waals surface area (Å²) in [7, 11) is 0. The van der Waals surface area contributed by atoms with Crippen molar-refractivity contribution in [2.45, 2.75) is 13.5 Å². The third-order valence-corrected chi connectivity index (χ3v) is 4.52. The molecule has 0 amide bonds. The van der Waals surface area contributed by atoms with Gasteiger partial charge in [0.15, 0.2) is 5.78 Å². The van der Waals surface area contributed by atoms with Crippen molar-refractivity contribution < 1.29 is 4.79 Å². The molecule has 2 aromatic carbocycles. The SMILES string of the molecule is CC(=O)c1ccc(CN=Nc2nc(-c3cccc(Cl)c3)cs2)c(N)c1. The van der Waals surface area contributed by atoms with Gasteiger partial charge in [-0.3, -0.25) is 4.79 Å². The zero-order valence-electron chi connectivity index (χ0n) is 13.4. The minimum atomic E-state index is -0.0174. The molecule has 0 radical (unpaired) electrons. The molecule has 1 heterocycles. The molecule has 0 aliphatic carbocycles. The second-order valence-corrected chi connectivity index (χ2v) is 6.67. The van der Waals surface area contributed by atoms with E-state index in [2.05, 4.69) is 15.2 Å². The van der Waals surface area contributed by atoms with E-state index in [9.17, 15) is 4.79 Å². The number of nitrogens with two attached hydrogens (primary N) is 1. The van der Waals surface area contributed by atoms with Crippen LogP contribution >= 0.6 is 22.9 Å². The number of azo groups is 1. The number of anilines is 1. The Balaban J connectivity index is 1.70. The van der Waals surface area contributed by atoms with E-state index in [0.29, 0.717) is 27.9 Å². The van der Waals surface area contributed by atoms with Crippen molar-refractivity contribution in [2.24, 2.45) is 10.2 Å². The highest BCUT2D eigenvalue weighted by molar-refractivity contribution is 7.13. The molecule has 0 atom stereocenters. The average Bonchev–Trinajstić information content (AvgIpc) is 3.05. The molecule has 0 unspecified atom stereocenters. The number of benzene rings is 2. The van der Waals surface area contributed by atoms with E-state index in [0.717, 1.165) is 16.8 Å². The largest absolute Gasteiger partial charge is 0.398 e. The second kappa shape index (κ2) is 7.55. The normalized spacial score (nSPS) is 11.1. The average molecular weight is 371 g/mol. The molecule has 3 rings (SSSR count). The number of thiazole rings is 1. The Morgan fingerprint density at radius 3 is 2.84 bits per heavy atom. The fourth-order valence-electron chi connectivity index (χ4n) is 2.22. The lowest BCUT2D eigenvalue weighted by atomic mass is 10.1. The number of aromatic nitrogens is 1. The highest BCUT2D eigenvalue weighted by atomic mass is 35.5. The van der Waals surface area contributed by atoms with E-state index in [1.165, 1.54) is 18.3 Å². The van der Waals surface area contributed by atoms with Crippen LogP contribution in [0.5, 0.6) is 0 Å². The van der Waals surface area contributed by atoms with Crippen molar-refractivity contribution in [1.29, 1.82) is 0 Å². The number of halogens is 1. The van der Waals surface area contributed by atoms with Gasteiger partial charge in [0.05, 0.1) is 12.2 Å². The van der Waals surface area contributed by atoms with Crippen LogP contribution in [0.15, 0.2) is 58.1 Å². The number of rotatable bonds is 5. The lowest BCUT2D eigenvalue weighted by Crippen LogP contribution is -1.98. The molecule has 126 valence electrons. The maximum atomic E-state index is 11.3. The summed E-state index contributed by atoms with van der Waals surface area (Å²) in [5.41, 5.74) is 9.64. The molecule has 0 aliphatic heterocycles. The number of Topliss-reactive ketones (excluding diaryl/α,β-unsaturated/α-hetero) is 1. The molecule has 0 saturated heterocycles. The van der Waals surface area contributed by atoms with E-state index >= 15 is 0 Å². The number of hydrogen-bond donors (Lipinski definition) is 1. The lowest BCUT2D eigenvalue weighted by molar-refractivity contribution is 0.101. The van der Waals surface area contributed by atoms with E-state index in [1.807, 2.05) is 29.6 Å². The van der Waals surface area contributed by atoms with Crippen molar-refractivity contribution in [1.82, 2.24) is 4.98 Å². The van der Waals surface area contributed by atoms with Gasteiger partial charge >= 0.3 is 0 Å². The Morgan fingerprint density at radius 1 is 1.28 bits per heavy atom. The van der Waals surface area contributed by atoms with Crippen LogP contribution in [0.1, 0.15) is 22.8 Å². The highest BCUT2D eigenvalue weighted by Crippen LogP contribution is 2.28. The van der Waals surface area contributed by atoms with E-state index < -0.39 is 0 Å². The summed E-state index contributed by atoms with van der Waals surface area (Å²) < 4.78 is 0. The third kappa shape index (κ3) is 4.29. The first-order valence-electron chi connectivity index (χ1n) is 7.51. The molecule has 0 aliphatic rings. The van der Waals surface area contributed by atoms with Gasteiger partial charge in [0.2, 0.25) is 5.13 Å². The van der Waals surface area contributed by atoms with Gasteiger partial charge in [0.25, 0.3) is 0 Å². The van der Waals surface area contributed by atoms with Gasteiger partial charge in [0.1, 0.15) is 0 Å². The number of ketones is 1. The highest BCUT2D eigenvalue weighted by Gasteiger charge is 2.06. The predicted octanol–water partition coefficient (Wildman–Crippen LogP) is 5.53. The van der Waals surface area contributed by atoms with Gasteiger partial charge in [-0.25, -0.2) is 4.98 Å². The molecular formula is C18H15ClN4OS. The van der Waals surface area contributed by atoms with Crippen molar-refractivity contribution in [3.05, 3.63) is 64.0 Å². The summed E-state index contributed by atoms with van der Waals surface area (Å²) in [6, 6.07) is 12.7. The molecule has 0 spiro atoms. The first-order chi connectivity index (χ1) is 12.0. The Hall–Kier alpha value is -2.57. The van der Waals surface area contributed by atoms with Gasteiger partial charge < -0.3 is 5.73 Å². The van der Waals surface area contributed by atoms with Crippen LogP contribution in [0.2, 0.25) is 5.02 Å². The van der Waals surface area contributed by atoms with E-state index in [4.69, 9.17) is 17.3 Å². The molecule has 2 N–H and O–H groups in total. The molecule has 0 fully saturated rings. The molecule has 0 bridgehead atoms. The van der Waals surface area contributed by atoms with E-state index in [1.54, 1.807) is 18.2 Å². The molecule has 0 saturated carbocycles. The first kappa shape index (κ1) is 17.3. The topological polar surface area (TPSA) is 80.7 Å². The zero-order valence-corrected chi connectivity index (χ0v) is 15.0. The Kier molecular flexibility index (Phi) is 5.21. The second-order valence-electron chi connectivity index (χ2n) is 5.39. The Labute approximate surface area is 154 Å². The third-order valence-electron chi connectivity index (χ3n) is 3.56. The van der Waals surface area contributed by atoms with Crippen LogP contribution in [-0.4, -0.2) is 10.8 Å². The first-order valence-corrected chi connectivity index (χ1v) is 8.77. The zero-order chi connectivity index (χ0) is 17.8. The maximum Gasteiger partial charge on any atom is 0.230 e. The van der Waals surface area contributed by atoms with Crippen LogP contribution in [0.3, 0.4) is 0 Å². The number of carbonyl (C=O) groups excluding carboxylic acids is 1. The number of nitrogens with zero attached hydrogens (tertiary/aromatic N) is 3. The fraction of sp³-hybridized carbons (Fsp3) is 0.111. The molecular weight excluding hydrogens is 356 g/mol. The summed E-state index contributed by atoms with van der Waals surface area (Å²) in [6.07, 6.45) is 0. The van der Waals surface area contributed by atoms with Gasteiger partial charge in [-0.2, -0.15) is 5.11 Å². The van der Waals surface area contributed by atoms with Crippen molar-refractivity contribution in [3.8, 4) is 11.3 Å². The molecule has 3 aromatic rings. The van der Waals surface area contributed by atoms with Crippen LogP contribution in [0, 0.1) is 0 Å². The standard InChI is InChI=1S/C18H15ClN4OS/c1-11(24)12-5-6-14(16(20)8-12)9-21-23-18-22-17(10-25-18)13-3-2-4-15(19)7-13/h2-8,10H,9,20H2,1H3. The number of carbonyl (C=O) groups is 1. The number of hydrogen-bond acceptors (Lipinski definition) is 6. The van der Waals surface area contributed by atoms with Crippen molar-refractivity contribution in [2.75, 3.05) is 5.73 Å². The smallest absolute Gasteiger partial charge is 0.230 e. The minimum absolute atomic E-state index is 0.0174. The van der Waals surface area contributed by atoms with Crippen LogP contribution in [0.4, 0.5) is 10.8 Å². The van der Waals surface area contributed by atoms with Crippen LogP contribution in [-0.2, 0) is 6.54 Å². The number of nitrogen functional groups attached to an aromatic ring is 1. The quantitative estimate of drug-likeness (QED) is 0.364. The predicted molar refractivity (Wildman–Crippen MR) is 102 cm³/mol. The maximum absolute atomic E-state index is 11.3. The summed E-state index contributed by atoms with van der Waals surface area (Å²) in [4.78, 5) is 15.8. The Bertz CT molecular complexity index is 952.